The Morgan fingerprint density at radius 1 is 1.30 bits per heavy atom. The first kappa shape index (κ1) is 18.8. The average molecular weight is 407 g/mol. The Morgan fingerprint density at radius 3 is 2.77 bits per heavy atom. The Morgan fingerprint density at radius 2 is 2.07 bits per heavy atom. The first-order chi connectivity index (χ1) is 14.5. The summed E-state index contributed by atoms with van der Waals surface area (Å²) in [4.78, 5) is 28.9. The van der Waals surface area contributed by atoms with Crippen LogP contribution >= 0.6 is 0 Å². The van der Waals surface area contributed by atoms with Gasteiger partial charge in [-0.2, -0.15) is 5.10 Å². The van der Waals surface area contributed by atoms with Gasteiger partial charge < -0.3 is 15.0 Å². The third-order valence-electron chi connectivity index (χ3n) is 6.50. The smallest absolute Gasteiger partial charge is 0.275 e. The Bertz CT molecular complexity index is 1190. The summed E-state index contributed by atoms with van der Waals surface area (Å²) in [5.74, 6) is -0.467. The van der Waals surface area contributed by atoms with Crippen molar-refractivity contribution in [1.82, 2.24) is 24.6 Å². The highest BCUT2D eigenvalue weighted by Crippen LogP contribution is 2.47. The highest BCUT2D eigenvalue weighted by atomic mass is 16.3. The van der Waals surface area contributed by atoms with Gasteiger partial charge in [0.25, 0.3) is 11.3 Å². The van der Waals surface area contributed by atoms with Crippen molar-refractivity contribution < 1.29 is 9.90 Å². The van der Waals surface area contributed by atoms with E-state index in [0.717, 1.165) is 31.3 Å². The van der Waals surface area contributed by atoms with Gasteiger partial charge in [-0.15, -0.1) is 0 Å². The molecule has 2 fully saturated rings. The van der Waals surface area contributed by atoms with Gasteiger partial charge in [0.05, 0.1) is 18.3 Å². The zero-order chi connectivity index (χ0) is 20.9. The number of fused-ring (bicyclic) bond motifs is 1. The van der Waals surface area contributed by atoms with Crippen LogP contribution in [0.5, 0.6) is 5.75 Å². The summed E-state index contributed by atoms with van der Waals surface area (Å²) < 4.78 is 3.83. The highest BCUT2D eigenvalue weighted by Gasteiger charge is 2.39. The number of nitrogens with zero attached hydrogens (tertiary/aromatic N) is 4. The van der Waals surface area contributed by atoms with Crippen LogP contribution in [0.25, 0.3) is 11.0 Å². The lowest BCUT2D eigenvalue weighted by Crippen LogP contribution is -2.37. The number of carbonyl (C=O) groups is 1. The second-order valence-corrected chi connectivity index (χ2v) is 8.50. The van der Waals surface area contributed by atoms with Gasteiger partial charge in [-0.3, -0.25) is 14.3 Å². The van der Waals surface area contributed by atoms with Crippen LogP contribution in [0.1, 0.15) is 60.5 Å². The van der Waals surface area contributed by atoms with Crippen LogP contribution < -0.4 is 10.7 Å². The van der Waals surface area contributed by atoms with Crippen LogP contribution in [0.3, 0.4) is 0 Å². The predicted molar refractivity (Wildman–Crippen MR) is 112 cm³/mol. The summed E-state index contributed by atoms with van der Waals surface area (Å²) in [6.07, 6.45) is 11.9. The van der Waals surface area contributed by atoms with Crippen molar-refractivity contribution in [3.63, 3.8) is 0 Å². The van der Waals surface area contributed by atoms with Crippen LogP contribution in [-0.2, 0) is 12.1 Å². The Kier molecular flexibility index (Phi) is 4.38. The minimum atomic E-state index is -0.754. The molecule has 156 valence electrons. The molecule has 2 saturated carbocycles. The molecule has 1 amide bonds. The Hall–Kier alpha value is -3.16. The van der Waals surface area contributed by atoms with E-state index in [2.05, 4.69) is 27.2 Å². The molecule has 8 nitrogen and oxygen atoms in total. The largest absolute Gasteiger partial charge is 0.503 e. The molecular formula is C22H25N5O3. The molecule has 3 aromatic rings. The van der Waals surface area contributed by atoms with Gasteiger partial charge in [-0.1, -0.05) is 12.8 Å². The molecule has 2 N–H and O–H groups in total. The molecule has 0 saturated heterocycles. The predicted octanol–water partition coefficient (Wildman–Crippen LogP) is 2.51. The van der Waals surface area contributed by atoms with Gasteiger partial charge in [0.1, 0.15) is 5.65 Å². The zero-order valence-electron chi connectivity index (χ0n) is 17.0. The van der Waals surface area contributed by atoms with E-state index in [-0.39, 0.29) is 11.2 Å². The number of hydrogen-bond acceptors (Lipinski definition) is 5. The highest BCUT2D eigenvalue weighted by molar-refractivity contribution is 5.92. The van der Waals surface area contributed by atoms with Crippen LogP contribution in [0, 0.1) is 0 Å². The Balaban J connectivity index is 1.62. The van der Waals surface area contributed by atoms with Crippen molar-refractivity contribution in [3.8, 4) is 5.75 Å². The SMILES string of the molecule is CNC(=O)c1nn(CC2(n3cc(C4CC4)c4cccnc43)CCCC2)cc(O)c1=O. The van der Waals surface area contributed by atoms with Gasteiger partial charge in [0, 0.05) is 24.8 Å². The minimum Gasteiger partial charge on any atom is -0.503 e. The number of aromatic hydroxyl groups is 1. The summed E-state index contributed by atoms with van der Waals surface area (Å²) >= 11 is 0. The normalized spacial score (nSPS) is 18.0. The van der Waals surface area contributed by atoms with E-state index in [1.807, 2.05) is 12.3 Å². The topological polar surface area (TPSA) is 102 Å². The lowest BCUT2D eigenvalue weighted by atomic mass is 9.97. The van der Waals surface area contributed by atoms with Crippen molar-refractivity contribution in [3.05, 3.63) is 52.2 Å². The maximum Gasteiger partial charge on any atom is 0.275 e. The van der Waals surface area contributed by atoms with E-state index in [0.29, 0.717) is 12.5 Å². The molecule has 0 aromatic carbocycles. The number of hydrogen-bond donors (Lipinski definition) is 2. The summed E-state index contributed by atoms with van der Waals surface area (Å²) in [6, 6.07) is 4.12. The number of nitrogens with one attached hydrogen (secondary N) is 1. The molecule has 0 spiro atoms. The van der Waals surface area contributed by atoms with E-state index in [1.165, 1.54) is 41.7 Å². The van der Waals surface area contributed by atoms with E-state index < -0.39 is 17.1 Å². The molecule has 0 atom stereocenters. The number of carbonyl (C=O) groups excluding carboxylic acids is 1. The number of rotatable bonds is 5. The fourth-order valence-corrected chi connectivity index (χ4v) is 4.85. The van der Waals surface area contributed by atoms with Crippen LogP contribution in [0.4, 0.5) is 0 Å². The van der Waals surface area contributed by atoms with Gasteiger partial charge >= 0.3 is 0 Å². The molecule has 2 aliphatic carbocycles. The van der Waals surface area contributed by atoms with Crippen LogP contribution in [0.15, 0.2) is 35.5 Å². The van der Waals surface area contributed by atoms with E-state index in [4.69, 9.17) is 4.98 Å². The summed E-state index contributed by atoms with van der Waals surface area (Å²) in [7, 11) is 1.44. The molecule has 2 aliphatic rings. The quantitative estimate of drug-likeness (QED) is 0.677. The summed E-state index contributed by atoms with van der Waals surface area (Å²) in [6.45, 7) is 0.454. The van der Waals surface area contributed by atoms with Crippen molar-refractivity contribution in [2.75, 3.05) is 7.05 Å². The van der Waals surface area contributed by atoms with Gasteiger partial charge in [-0.05, 0) is 49.3 Å². The monoisotopic (exact) mass is 407 g/mol. The average Bonchev–Trinajstić information content (AvgIpc) is 3.36. The number of pyridine rings is 1. The first-order valence-corrected chi connectivity index (χ1v) is 10.5. The molecule has 5 rings (SSSR count). The van der Waals surface area contributed by atoms with Crippen LogP contribution in [-0.4, -0.2) is 37.4 Å². The lowest BCUT2D eigenvalue weighted by molar-refractivity contribution is 0.0952. The lowest BCUT2D eigenvalue weighted by Gasteiger charge is -2.32. The van der Waals surface area contributed by atoms with Gasteiger partial charge in [-0.25, -0.2) is 4.98 Å². The van der Waals surface area contributed by atoms with Crippen molar-refractivity contribution in [2.45, 2.75) is 56.5 Å². The first-order valence-electron chi connectivity index (χ1n) is 10.5. The zero-order valence-corrected chi connectivity index (χ0v) is 17.0. The fourth-order valence-electron chi connectivity index (χ4n) is 4.85. The second kappa shape index (κ2) is 6.97. The Labute approximate surface area is 173 Å². The summed E-state index contributed by atoms with van der Waals surface area (Å²) in [5.41, 5.74) is 1.01. The molecule has 0 aliphatic heterocycles. The fraction of sp³-hybridized carbons (Fsp3) is 0.455. The molecule has 30 heavy (non-hydrogen) atoms. The van der Waals surface area contributed by atoms with Gasteiger partial charge in [0.15, 0.2) is 11.4 Å². The molecule has 0 unspecified atom stereocenters. The van der Waals surface area contributed by atoms with Crippen molar-refractivity contribution in [1.29, 1.82) is 0 Å². The maximum absolute atomic E-state index is 12.2. The molecule has 3 heterocycles. The second-order valence-electron chi connectivity index (χ2n) is 8.50. The standard InChI is InChI=1S/C22H25N5O3/c1-23-21(30)18-19(29)17(28)12-26(25-18)13-22(8-2-3-9-22)27-11-16(14-6-7-14)15-5-4-10-24-20(15)27/h4-5,10-12,14,28H,2-3,6-9,13H2,1H3,(H,23,30). The molecule has 8 heteroatoms. The summed E-state index contributed by atoms with van der Waals surface area (Å²) in [5, 5.41) is 18.0. The third-order valence-corrected chi connectivity index (χ3v) is 6.50. The molecule has 0 bridgehead atoms. The molecular weight excluding hydrogens is 382 g/mol. The van der Waals surface area contributed by atoms with Gasteiger partial charge in [0.2, 0.25) is 0 Å². The third kappa shape index (κ3) is 2.98. The van der Waals surface area contributed by atoms with Crippen molar-refractivity contribution in [2.24, 2.45) is 0 Å². The number of aromatic nitrogens is 4. The number of amides is 1. The maximum atomic E-state index is 12.2. The van der Waals surface area contributed by atoms with E-state index in [9.17, 15) is 14.7 Å². The van der Waals surface area contributed by atoms with Crippen molar-refractivity contribution >= 4 is 16.9 Å². The van der Waals surface area contributed by atoms with Crippen LogP contribution in [0.2, 0.25) is 0 Å². The van der Waals surface area contributed by atoms with E-state index >= 15 is 0 Å². The minimum absolute atomic E-state index is 0.270. The molecule has 3 aromatic heterocycles. The van der Waals surface area contributed by atoms with E-state index in [1.54, 1.807) is 0 Å². The molecule has 0 radical (unpaired) electrons.